The molecule has 2 aromatic carbocycles. The summed E-state index contributed by atoms with van der Waals surface area (Å²) in [5.74, 6) is -0.886. The van der Waals surface area contributed by atoms with Crippen LogP contribution in [0.2, 0.25) is 0 Å². The average Bonchev–Trinajstić information content (AvgIpc) is 2.74. The quantitative estimate of drug-likeness (QED) is 0.615. The molecule has 0 saturated heterocycles. The Morgan fingerprint density at radius 1 is 1.06 bits per heavy atom. The topological polar surface area (TPSA) is 76.1 Å². The van der Waals surface area contributed by atoms with Crippen LogP contribution in [0.25, 0.3) is 0 Å². The van der Waals surface area contributed by atoms with Gasteiger partial charge in [-0.25, -0.2) is 18.9 Å². The zero-order valence-corrected chi connectivity index (χ0v) is 17.6. The largest absolute Gasteiger partial charge is 0.480 e. The second-order valence-electron chi connectivity index (χ2n) is 8.04. The number of aliphatic carboxylic acids is 1. The molecule has 31 heavy (non-hydrogen) atoms. The Balaban J connectivity index is 1.64. The van der Waals surface area contributed by atoms with Crippen LogP contribution in [-0.2, 0) is 14.3 Å². The van der Waals surface area contributed by atoms with Crippen molar-refractivity contribution in [3.8, 4) is 0 Å². The van der Waals surface area contributed by atoms with Crippen LogP contribution >= 0.6 is 0 Å². The Hall–Kier alpha value is -2.93. The summed E-state index contributed by atoms with van der Waals surface area (Å²) in [6.07, 6.45) is 3.23. The van der Waals surface area contributed by atoms with Gasteiger partial charge in [0.2, 0.25) is 0 Å². The van der Waals surface area contributed by atoms with Crippen LogP contribution in [0.4, 0.5) is 20.6 Å². The van der Waals surface area contributed by atoms with E-state index in [-0.39, 0.29) is 30.9 Å². The first-order valence-electron chi connectivity index (χ1n) is 10.5. The lowest BCUT2D eigenvalue weighted by molar-refractivity contribution is -0.142. The van der Waals surface area contributed by atoms with Gasteiger partial charge in [0.15, 0.2) is 0 Å². The first-order chi connectivity index (χ1) is 14.9. The number of nitrogens with zero attached hydrogens (tertiary/aromatic N) is 1. The number of carbonyl (C=O) groups excluding carboxylic acids is 1. The van der Waals surface area contributed by atoms with Gasteiger partial charge in [-0.3, -0.25) is 0 Å². The minimum atomic E-state index is -0.974. The van der Waals surface area contributed by atoms with Crippen molar-refractivity contribution in [2.45, 2.75) is 32.6 Å². The molecule has 1 fully saturated rings. The van der Waals surface area contributed by atoms with Crippen LogP contribution < -0.4 is 4.90 Å². The fourth-order valence-corrected chi connectivity index (χ4v) is 3.99. The Morgan fingerprint density at radius 3 is 2.45 bits per heavy atom. The van der Waals surface area contributed by atoms with E-state index < -0.39 is 12.1 Å². The molecule has 166 valence electrons. The van der Waals surface area contributed by atoms with Crippen molar-refractivity contribution in [1.29, 1.82) is 0 Å². The number of carboxylic acids is 1. The highest BCUT2D eigenvalue weighted by atomic mass is 19.1. The summed E-state index contributed by atoms with van der Waals surface area (Å²) < 4.78 is 24.3. The van der Waals surface area contributed by atoms with E-state index in [2.05, 4.69) is 0 Å². The second kappa shape index (κ2) is 10.9. The Bertz CT molecular complexity index is 886. The molecule has 0 heterocycles. The number of amides is 1. The van der Waals surface area contributed by atoms with E-state index in [0.29, 0.717) is 18.0 Å². The summed E-state index contributed by atoms with van der Waals surface area (Å²) in [6.45, 7) is 2.32. The van der Waals surface area contributed by atoms with Crippen molar-refractivity contribution in [1.82, 2.24) is 0 Å². The van der Waals surface area contributed by atoms with Gasteiger partial charge in [0.05, 0.1) is 24.6 Å². The molecule has 7 heteroatoms. The number of anilines is 2. The van der Waals surface area contributed by atoms with Gasteiger partial charge in [0.25, 0.3) is 0 Å². The summed E-state index contributed by atoms with van der Waals surface area (Å²) in [7, 11) is 0. The van der Waals surface area contributed by atoms with Crippen LogP contribution in [0, 0.1) is 24.6 Å². The van der Waals surface area contributed by atoms with Crippen molar-refractivity contribution < 1.29 is 28.6 Å². The van der Waals surface area contributed by atoms with Gasteiger partial charge in [-0.1, -0.05) is 18.6 Å². The molecule has 0 aliphatic heterocycles. The molecule has 1 saturated carbocycles. The number of benzene rings is 2. The van der Waals surface area contributed by atoms with E-state index in [1.807, 2.05) is 31.2 Å². The van der Waals surface area contributed by atoms with Crippen molar-refractivity contribution in [2.24, 2.45) is 11.8 Å². The van der Waals surface area contributed by atoms with Gasteiger partial charge in [-0.15, -0.1) is 0 Å². The SMILES string of the molecule is Cc1cccc(N(C(=O)OCC2CCCC(COCC(=O)O)C2)c2ccc(F)cc2)c1. The minimum Gasteiger partial charge on any atom is -0.480 e. The number of aryl methyl sites for hydroxylation is 1. The third kappa shape index (κ3) is 6.79. The molecule has 0 aromatic heterocycles. The fourth-order valence-electron chi connectivity index (χ4n) is 3.99. The Kier molecular flexibility index (Phi) is 8.00. The molecule has 2 unspecified atom stereocenters. The second-order valence-corrected chi connectivity index (χ2v) is 8.04. The standard InChI is InChI=1S/C24H28FNO5/c1-17-4-2-7-22(12-17)26(21-10-8-20(25)9-11-21)24(29)31-15-19-6-3-5-18(13-19)14-30-16-23(27)28/h2,4,7-12,18-19H,3,5-6,13-16H2,1H3,(H,27,28). The Morgan fingerprint density at radius 2 is 1.77 bits per heavy atom. The summed E-state index contributed by atoms with van der Waals surface area (Å²) in [6, 6.07) is 13.2. The molecule has 2 atom stereocenters. The van der Waals surface area contributed by atoms with E-state index in [1.54, 1.807) is 12.1 Å². The maximum absolute atomic E-state index is 13.4. The molecular formula is C24H28FNO5. The van der Waals surface area contributed by atoms with E-state index in [4.69, 9.17) is 14.6 Å². The first kappa shape index (κ1) is 22.7. The van der Waals surface area contributed by atoms with Crippen LogP contribution in [-0.4, -0.2) is 37.0 Å². The fraction of sp³-hybridized carbons (Fsp3) is 0.417. The normalized spacial score (nSPS) is 18.4. The predicted molar refractivity (Wildman–Crippen MR) is 115 cm³/mol. The van der Waals surface area contributed by atoms with Gasteiger partial charge < -0.3 is 14.6 Å². The molecule has 1 amide bonds. The monoisotopic (exact) mass is 429 g/mol. The molecule has 1 aliphatic rings. The molecular weight excluding hydrogens is 401 g/mol. The zero-order chi connectivity index (χ0) is 22.2. The maximum Gasteiger partial charge on any atom is 0.418 e. The van der Waals surface area contributed by atoms with Crippen LogP contribution in [0.1, 0.15) is 31.2 Å². The zero-order valence-electron chi connectivity index (χ0n) is 17.6. The smallest absolute Gasteiger partial charge is 0.418 e. The highest BCUT2D eigenvalue weighted by Crippen LogP contribution is 2.31. The summed E-state index contributed by atoms with van der Waals surface area (Å²) in [4.78, 5) is 25.1. The molecule has 0 spiro atoms. The van der Waals surface area contributed by atoms with Crippen molar-refractivity contribution >= 4 is 23.4 Å². The predicted octanol–water partition coefficient (Wildman–Crippen LogP) is 5.32. The Labute approximate surface area is 181 Å². The highest BCUT2D eigenvalue weighted by Gasteiger charge is 2.26. The summed E-state index contributed by atoms with van der Waals surface area (Å²) in [5, 5.41) is 8.70. The van der Waals surface area contributed by atoms with Crippen LogP contribution in [0.3, 0.4) is 0 Å². The van der Waals surface area contributed by atoms with E-state index in [9.17, 15) is 14.0 Å². The maximum atomic E-state index is 13.4. The number of hydrogen-bond donors (Lipinski definition) is 1. The number of ether oxygens (including phenoxy) is 2. The number of rotatable bonds is 8. The molecule has 2 aromatic rings. The third-order valence-corrected chi connectivity index (χ3v) is 5.44. The highest BCUT2D eigenvalue weighted by molar-refractivity contribution is 5.96. The molecule has 0 radical (unpaired) electrons. The van der Waals surface area contributed by atoms with Gasteiger partial charge in [0, 0.05) is 0 Å². The van der Waals surface area contributed by atoms with Crippen LogP contribution in [0.15, 0.2) is 48.5 Å². The lowest BCUT2D eigenvalue weighted by Gasteiger charge is -2.29. The molecule has 1 N–H and O–H groups in total. The number of halogens is 1. The van der Waals surface area contributed by atoms with E-state index in [1.165, 1.54) is 17.0 Å². The van der Waals surface area contributed by atoms with Gasteiger partial charge in [-0.2, -0.15) is 0 Å². The van der Waals surface area contributed by atoms with E-state index in [0.717, 1.165) is 31.2 Å². The molecule has 6 nitrogen and oxygen atoms in total. The van der Waals surface area contributed by atoms with Crippen molar-refractivity contribution in [3.63, 3.8) is 0 Å². The average molecular weight is 429 g/mol. The first-order valence-corrected chi connectivity index (χ1v) is 10.5. The van der Waals surface area contributed by atoms with Gasteiger partial charge in [-0.05, 0) is 80.0 Å². The number of hydrogen-bond acceptors (Lipinski definition) is 4. The molecule has 0 bridgehead atoms. The summed E-state index contributed by atoms with van der Waals surface area (Å²) in [5.41, 5.74) is 2.18. The number of carboxylic acid groups (broad SMARTS) is 1. The molecule has 1 aliphatic carbocycles. The van der Waals surface area contributed by atoms with Gasteiger partial charge >= 0.3 is 12.1 Å². The van der Waals surface area contributed by atoms with Crippen LogP contribution in [0.5, 0.6) is 0 Å². The van der Waals surface area contributed by atoms with E-state index >= 15 is 0 Å². The van der Waals surface area contributed by atoms with Gasteiger partial charge in [0.1, 0.15) is 12.4 Å². The third-order valence-electron chi connectivity index (χ3n) is 5.44. The molecule has 3 rings (SSSR count). The number of carbonyl (C=O) groups is 2. The van der Waals surface area contributed by atoms with Crippen molar-refractivity contribution in [2.75, 3.05) is 24.7 Å². The lowest BCUT2D eigenvalue weighted by Crippen LogP contribution is -2.30. The summed E-state index contributed by atoms with van der Waals surface area (Å²) >= 11 is 0. The van der Waals surface area contributed by atoms with Crippen molar-refractivity contribution in [3.05, 3.63) is 59.9 Å². The lowest BCUT2D eigenvalue weighted by atomic mass is 9.82. The minimum absolute atomic E-state index is 0.198.